The van der Waals surface area contributed by atoms with Crippen LogP contribution in [0.25, 0.3) is 0 Å². The number of carbonyl (C=O) groups is 1. The van der Waals surface area contributed by atoms with Crippen LogP contribution in [0.15, 0.2) is 11.2 Å². The van der Waals surface area contributed by atoms with Crippen LogP contribution in [0, 0.1) is 0 Å². The predicted molar refractivity (Wildman–Crippen MR) is 77.4 cm³/mol. The Morgan fingerprint density at radius 3 is 2.86 bits per heavy atom. The van der Waals surface area contributed by atoms with E-state index in [1.54, 1.807) is 11.9 Å². The fourth-order valence-corrected chi connectivity index (χ4v) is 4.60. The molecule has 22 heavy (non-hydrogen) atoms. The molecule has 0 saturated carbocycles. The molecule has 2 fully saturated rings. The number of piperidine rings is 1. The summed E-state index contributed by atoms with van der Waals surface area (Å²) in [5.74, 6) is 0.0395. The van der Waals surface area contributed by atoms with Crippen LogP contribution in [-0.2, 0) is 21.9 Å². The normalized spacial score (nSPS) is 24.7. The highest BCUT2D eigenvalue weighted by atomic mass is 32.2. The van der Waals surface area contributed by atoms with Crippen LogP contribution < -0.4 is 5.32 Å². The summed E-state index contributed by atoms with van der Waals surface area (Å²) in [4.78, 5) is 13.8. The largest absolute Gasteiger partial charge is 0.336 e. The molecule has 0 aromatic carbocycles. The van der Waals surface area contributed by atoms with E-state index in [0.29, 0.717) is 26.2 Å². The molecule has 122 valence electrons. The van der Waals surface area contributed by atoms with Gasteiger partial charge in [0, 0.05) is 39.3 Å². The van der Waals surface area contributed by atoms with Crippen LogP contribution in [0.2, 0.25) is 0 Å². The Labute approximate surface area is 129 Å². The molecular formula is C12H20N6O3S. The van der Waals surface area contributed by atoms with E-state index in [9.17, 15) is 13.2 Å². The lowest BCUT2D eigenvalue weighted by Gasteiger charge is -2.40. The van der Waals surface area contributed by atoms with Gasteiger partial charge in [-0.05, 0) is 12.8 Å². The highest BCUT2D eigenvalue weighted by Gasteiger charge is 2.36. The zero-order valence-electron chi connectivity index (χ0n) is 12.5. The van der Waals surface area contributed by atoms with E-state index in [0.717, 1.165) is 19.4 Å². The van der Waals surface area contributed by atoms with E-state index in [4.69, 9.17) is 0 Å². The molecule has 0 bridgehead atoms. The Morgan fingerprint density at radius 1 is 1.36 bits per heavy atom. The second-order valence-electron chi connectivity index (χ2n) is 5.62. The van der Waals surface area contributed by atoms with Crippen molar-refractivity contribution in [2.24, 2.45) is 7.05 Å². The molecule has 0 spiro atoms. The zero-order valence-corrected chi connectivity index (χ0v) is 13.3. The topological polar surface area (TPSA) is 100 Å². The van der Waals surface area contributed by atoms with E-state index < -0.39 is 10.0 Å². The Kier molecular flexibility index (Phi) is 4.15. The van der Waals surface area contributed by atoms with E-state index in [1.807, 2.05) is 0 Å². The molecule has 2 aliphatic rings. The van der Waals surface area contributed by atoms with Gasteiger partial charge in [0.15, 0.2) is 5.03 Å². The van der Waals surface area contributed by atoms with Gasteiger partial charge in [-0.15, -0.1) is 5.10 Å². The molecule has 9 nitrogen and oxygen atoms in total. The SMILES string of the molecule is Cn1nncc1S(=O)(=O)N1CCCC(N2CCNCC2=O)C1. The fraction of sp³-hybridized carbons (Fsp3) is 0.750. The van der Waals surface area contributed by atoms with Crippen molar-refractivity contribution in [3.8, 4) is 0 Å². The van der Waals surface area contributed by atoms with Crippen LogP contribution in [0.1, 0.15) is 12.8 Å². The van der Waals surface area contributed by atoms with Crippen molar-refractivity contribution in [1.29, 1.82) is 0 Å². The summed E-state index contributed by atoms with van der Waals surface area (Å²) >= 11 is 0. The quantitative estimate of drug-likeness (QED) is 0.717. The number of aryl methyl sites for hydroxylation is 1. The van der Waals surface area contributed by atoms with Crippen molar-refractivity contribution in [2.45, 2.75) is 23.9 Å². The summed E-state index contributed by atoms with van der Waals surface area (Å²) in [6, 6.07) is -0.0562. The summed E-state index contributed by atoms with van der Waals surface area (Å²) in [7, 11) is -2.06. The summed E-state index contributed by atoms with van der Waals surface area (Å²) in [6.07, 6.45) is 2.84. The molecule has 1 amide bonds. The first-order valence-corrected chi connectivity index (χ1v) is 8.79. The monoisotopic (exact) mass is 328 g/mol. The maximum absolute atomic E-state index is 12.7. The number of aromatic nitrogens is 3. The van der Waals surface area contributed by atoms with Crippen LogP contribution in [0.4, 0.5) is 0 Å². The van der Waals surface area contributed by atoms with Crippen molar-refractivity contribution in [1.82, 2.24) is 29.5 Å². The number of hydrogen-bond acceptors (Lipinski definition) is 6. The third-order valence-electron chi connectivity index (χ3n) is 4.20. The van der Waals surface area contributed by atoms with Gasteiger partial charge in [0.1, 0.15) is 0 Å². The second kappa shape index (κ2) is 5.94. The summed E-state index contributed by atoms with van der Waals surface area (Å²) in [5.41, 5.74) is 0. The molecule has 10 heteroatoms. The summed E-state index contributed by atoms with van der Waals surface area (Å²) in [6.45, 7) is 2.50. The Morgan fingerprint density at radius 2 is 2.18 bits per heavy atom. The van der Waals surface area contributed by atoms with Crippen molar-refractivity contribution in [3.63, 3.8) is 0 Å². The Balaban J connectivity index is 1.78. The van der Waals surface area contributed by atoms with Crippen molar-refractivity contribution in [3.05, 3.63) is 6.20 Å². The summed E-state index contributed by atoms with van der Waals surface area (Å²) in [5, 5.41) is 10.4. The van der Waals surface area contributed by atoms with Crippen LogP contribution >= 0.6 is 0 Å². The van der Waals surface area contributed by atoms with Gasteiger partial charge in [0.2, 0.25) is 5.91 Å². The van der Waals surface area contributed by atoms with Crippen molar-refractivity contribution >= 4 is 15.9 Å². The number of sulfonamides is 1. The van der Waals surface area contributed by atoms with Crippen LogP contribution in [-0.4, -0.2) is 77.3 Å². The van der Waals surface area contributed by atoms with Gasteiger partial charge in [0.25, 0.3) is 10.0 Å². The molecule has 3 rings (SSSR count). The lowest BCUT2D eigenvalue weighted by molar-refractivity contribution is -0.135. The average molecular weight is 328 g/mol. The number of nitrogens with zero attached hydrogens (tertiary/aromatic N) is 5. The number of carbonyl (C=O) groups excluding carboxylic acids is 1. The minimum absolute atomic E-state index is 0.0395. The molecule has 2 saturated heterocycles. The maximum atomic E-state index is 12.7. The number of hydrogen-bond donors (Lipinski definition) is 1. The van der Waals surface area contributed by atoms with Crippen molar-refractivity contribution < 1.29 is 13.2 Å². The predicted octanol–water partition coefficient (Wildman–Crippen LogP) is -1.60. The number of amides is 1. The van der Waals surface area contributed by atoms with Gasteiger partial charge in [-0.1, -0.05) is 5.21 Å². The number of nitrogens with one attached hydrogen (secondary N) is 1. The molecule has 3 heterocycles. The average Bonchev–Trinajstić information content (AvgIpc) is 2.95. The molecule has 1 aromatic rings. The van der Waals surface area contributed by atoms with Gasteiger partial charge in [0.05, 0.1) is 12.7 Å². The van der Waals surface area contributed by atoms with E-state index in [2.05, 4.69) is 15.6 Å². The van der Waals surface area contributed by atoms with E-state index in [-0.39, 0.29) is 17.0 Å². The van der Waals surface area contributed by atoms with E-state index in [1.165, 1.54) is 15.2 Å². The first kappa shape index (κ1) is 15.4. The maximum Gasteiger partial charge on any atom is 0.261 e. The van der Waals surface area contributed by atoms with Gasteiger partial charge < -0.3 is 10.2 Å². The summed E-state index contributed by atoms with van der Waals surface area (Å²) < 4.78 is 28.1. The standard InChI is InChI=1S/C12H20N6O3S/c1-16-12(8-14-15-16)22(20,21)17-5-2-3-10(9-17)18-6-4-13-7-11(18)19/h8,10,13H,2-7,9H2,1H3. The first-order chi connectivity index (χ1) is 10.5. The molecule has 1 aromatic heterocycles. The third kappa shape index (κ3) is 2.73. The molecule has 1 N–H and O–H groups in total. The second-order valence-corrected chi connectivity index (χ2v) is 7.50. The smallest absolute Gasteiger partial charge is 0.261 e. The van der Waals surface area contributed by atoms with Gasteiger partial charge in [-0.2, -0.15) is 4.31 Å². The third-order valence-corrected chi connectivity index (χ3v) is 6.11. The Bertz CT molecular complexity index is 658. The van der Waals surface area contributed by atoms with Crippen LogP contribution in [0.3, 0.4) is 0 Å². The highest BCUT2D eigenvalue weighted by Crippen LogP contribution is 2.22. The lowest BCUT2D eigenvalue weighted by atomic mass is 10.1. The minimum Gasteiger partial charge on any atom is -0.336 e. The minimum atomic E-state index is -3.62. The number of piperazine rings is 1. The van der Waals surface area contributed by atoms with Gasteiger partial charge >= 0.3 is 0 Å². The molecule has 1 atom stereocenters. The van der Waals surface area contributed by atoms with Gasteiger partial charge in [-0.3, -0.25) is 4.79 Å². The molecule has 0 radical (unpaired) electrons. The fourth-order valence-electron chi connectivity index (χ4n) is 3.05. The van der Waals surface area contributed by atoms with Gasteiger partial charge in [-0.25, -0.2) is 13.1 Å². The number of rotatable bonds is 3. The van der Waals surface area contributed by atoms with Crippen molar-refractivity contribution in [2.75, 3.05) is 32.7 Å². The Hall–Kier alpha value is -1.52. The van der Waals surface area contributed by atoms with E-state index >= 15 is 0 Å². The molecular weight excluding hydrogens is 308 g/mol. The zero-order chi connectivity index (χ0) is 15.7. The molecule has 2 aliphatic heterocycles. The lowest BCUT2D eigenvalue weighted by Crippen LogP contribution is -2.57. The molecule has 1 unspecified atom stereocenters. The van der Waals surface area contributed by atoms with Crippen LogP contribution in [0.5, 0.6) is 0 Å². The highest BCUT2D eigenvalue weighted by molar-refractivity contribution is 7.89. The molecule has 0 aliphatic carbocycles. The first-order valence-electron chi connectivity index (χ1n) is 7.35.